The molecule has 0 radical (unpaired) electrons. The van der Waals surface area contributed by atoms with Crippen LogP contribution in [0.5, 0.6) is 0 Å². The molecule has 0 saturated heterocycles. The van der Waals surface area contributed by atoms with Gasteiger partial charge in [-0.15, -0.1) is 0 Å². The molecule has 0 aromatic carbocycles. The van der Waals surface area contributed by atoms with Crippen molar-refractivity contribution in [1.82, 2.24) is 0 Å². The molecule has 1 atom stereocenters. The van der Waals surface area contributed by atoms with E-state index in [1.165, 1.54) is 0 Å². The minimum absolute atomic E-state index is 0.275. The van der Waals surface area contributed by atoms with E-state index in [2.05, 4.69) is 41.5 Å². The first kappa shape index (κ1) is 13.7. The van der Waals surface area contributed by atoms with Crippen LogP contribution in [0.3, 0.4) is 0 Å². The van der Waals surface area contributed by atoms with Crippen molar-refractivity contribution in [3.8, 4) is 0 Å². The second kappa shape index (κ2) is 6.21. The van der Waals surface area contributed by atoms with Gasteiger partial charge < -0.3 is 0 Å². The smallest absolute Gasteiger partial charge is 0.136 e. The second-order valence-electron chi connectivity index (χ2n) is 5.54. The van der Waals surface area contributed by atoms with Crippen molar-refractivity contribution in [1.29, 1.82) is 0 Å². The third-order valence-electron chi connectivity index (χ3n) is 2.55. The van der Waals surface area contributed by atoms with Gasteiger partial charge in [0.1, 0.15) is 5.78 Å². The van der Waals surface area contributed by atoms with Crippen molar-refractivity contribution in [2.45, 2.75) is 54.4 Å². The number of rotatable bonds is 6. The second-order valence-corrected chi connectivity index (χ2v) is 5.54. The van der Waals surface area contributed by atoms with Crippen LogP contribution in [-0.4, -0.2) is 5.78 Å². The van der Waals surface area contributed by atoms with E-state index in [0.717, 1.165) is 12.8 Å². The van der Waals surface area contributed by atoms with Crippen LogP contribution < -0.4 is 0 Å². The molecule has 14 heavy (non-hydrogen) atoms. The van der Waals surface area contributed by atoms with Gasteiger partial charge >= 0.3 is 0 Å². The average Bonchev–Trinajstić information content (AvgIpc) is 1.97. The van der Waals surface area contributed by atoms with E-state index in [0.29, 0.717) is 23.5 Å². The Kier molecular flexibility index (Phi) is 6.06. The Morgan fingerprint density at radius 2 is 1.43 bits per heavy atom. The first-order chi connectivity index (χ1) is 6.34. The topological polar surface area (TPSA) is 17.1 Å². The maximum absolute atomic E-state index is 11.9. The number of Topliss-reactive ketones (excluding diaryl/α,β-unsaturated/α-hetero) is 1. The number of hydrogen-bond donors (Lipinski definition) is 0. The van der Waals surface area contributed by atoms with E-state index in [-0.39, 0.29) is 5.92 Å². The van der Waals surface area contributed by atoms with Crippen LogP contribution in [0.4, 0.5) is 0 Å². The fraction of sp³-hybridized carbons (Fsp3) is 0.923. The van der Waals surface area contributed by atoms with E-state index >= 15 is 0 Å². The molecule has 1 heteroatoms. The molecule has 0 N–H and O–H groups in total. The number of carbonyl (C=O) groups excluding carboxylic acids is 1. The lowest BCUT2D eigenvalue weighted by molar-refractivity contribution is -0.125. The van der Waals surface area contributed by atoms with Gasteiger partial charge in [0.25, 0.3) is 0 Å². The molecule has 84 valence electrons. The Bertz CT molecular complexity index is 168. The Hall–Kier alpha value is -0.330. The van der Waals surface area contributed by atoms with E-state index in [1.807, 2.05) is 0 Å². The SMILES string of the molecule is CC(C)CC(=O)C(CC(C)C)C(C)C. The molecule has 1 nitrogen and oxygen atoms in total. The fourth-order valence-corrected chi connectivity index (χ4v) is 1.84. The summed E-state index contributed by atoms with van der Waals surface area (Å²) in [5.41, 5.74) is 0. The first-order valence-corrected chi connectivity index (χ1v) is 5.87. The van der Waals surface area contributed by atoms with Crippen LogP contribution in [0.1, 0.15) is 54.4 Å². The summed E-state index contributed by atoms with van der Waals surface area (Å²) in [6, 6.07) is 0. The maximum Gasteiger partial charge on any atom is 0.136 e. The summed E-state index contributed by atoms with van der Waals surface area (Å²) in [5.74, 6) is 2.35. The molecule has 0 aliphatic heterocycles. The lowest BCUT2D eigenvalue weighted by Gasteiger charge is -2.22. The number of ketones is 1. The summed E-state index contributed by atoms with van der Waals surface area (Å²) >= 11 is 0. The molecule has 0 aliphatic carbocycles. The molecule has 0 aliphatic rings. The quantitative estimate of drug-likeness (QED) is 0.632. The molecular formula is C13H26O. The monoisotopic (exact) mass is 198 g/mol. The lowest BCUT2D eigenvalue weighted by atomic mass is 9.82. The van der Waals surface area contributed by atoms with Crippen LogP contribution in [0.15, 0.2) is 0 Å². The molecule has 0 heterocycles. The molecule has 0 aromatic heterocycles. The highest BCUT2D eigenvalue weighted by molar-refractivity contribution is 5.81. The normalized spacial score (nSPS) is 14.1. The van der Waals surface area contributed by atoms with Gasteiger partial charge in [-0.3, -0.25) is 4.79 Å². The predicted octanol–water partition coefficient (Wildman–Crippen LogP) is 3.92. The van der Waals surface area contributed by atoms with Gasteiger partial charge in [-0.1, -0.05) is 41.5 Å². The summed E-state index contributed by atoms with van der Waals surface area (Å²) in [6.45, 7) is 12.9. The van der Waals surface area contributed by atoms with E-state index in [4.69, 9.17) is 0 Å². The zero-order valence-corrected chi connectivity index (χ0v) is 10.6. The van der Waals surface area contributed by atoms with Crippen LogP contribution in [0.2, 0.25) is 0 Å². The summed E-state index contributed by atoms with van der Waals surface area (Å²) < 4.78 is 0. The zero-order valence-electron chi connectivity index (χ0n) is 10.6. The highest BCUT2D eigenvalue weighted by atomic mass is 16.1. The van der Waals surface area contributed by atoms with Gasteiger partial charge in [-0.2, -0.15) is 0 Å². The van der Waals surface area contributed by atoms with Gasteiger partial charge in [0.2, 0.25) is 0 Å². The minimum Gasteiger partial charge on any atom is -0.299 e. The number of carbonyl (C=O) groups is 1. The molecule has 0 fully saturated rings. The molecule has 0 amide bonds. The molecule has 0 rings (SSSR count). The van der Waals surface area contributed by atoms with Gasteiger partial charge in [-0.05, 0) is 24.2 Å². The Labute approximate surface area is 89.3 Å². The summed E-state index contributed by atoms with van der Waals surface area (Å²) in [7, 11) is 0. The highest BCUT2D eigenvalue weighted by Crippen LogP contribution is 2.23. The Morgan fingerprint density at radius 3 is 1.71 bits per heavy atom. The number of hydrogen-bond acceptors (Lipinski definition) is 1. The van der Waals surface area contributed by atoms with E-state index < -0.39 is 0 Å². The molecule has 0 saturated carbocycles. The third kappa shape index (κ3) is 5.41. The first-order valence-electron chi connectivity index (χ1n) is 5.87. The average molecular weight is 198 g/mol. The summed E-state index contributed by atoms with van der Waals surface area (Å²) in [6.07, 6.45) is 1.79. The molecule has 0 aromatic rings. The minimum atomic E-state index is 0.275. The molecule has 1 unspecified atom stereocenters. The van der Waals surface area contributed by atoms with Crippen LogP contribution in [0.25, 0.3) is 0 Å². The van der Waals surface area contributed by atoms with Crippen molar-refractivity contribution < 1.29 is 4.79 Å². The van der Waals surface area contributed by atoms with E-state index in [9.17, 15) is 4.79 Å². The summed E-state index contributed by atoms with van der Waals surface area (Å²) in [4.78, 5) is 11.9. The third-order valence-corrected chi connectivity index (χ3v) is 2.55. The zero-order chi connectivity index (χ0) is 11.3. The van der Waals surface area contributed by atoms with Gasteiger partial charge in [0.15, 0.2) is 0 Å². The molecular weight excluding hydrogens is 172 g/mol. The van der Waals surface area contributed by atoms with Gasteiger partial charge in [0.05, 0.1) is 0 Å². The molecule has 0 bridgehead atoms. The van der Waals surface area contributed by atoms with Crippen molar-refractivity contribution in [2.75, 3.05) is 0 Å². The van der Waals surface area contributed by atoms with Crippen molar-refractivity contribution >= 4 is 5.78 Å². The molecule has 0 spiro atoms. The Morgan fingerprint density at radius 1 is 0.929 bits per heavy atom. The van der Waals surface area contributed by atoms with Crippen LogP contribution in [-0.2, 0) is 4.79 Å². The van der Waals surface area contributed by atoms with Crippen LogP contribution >= 0.6 is 0 Å². The maximum atomic E-state index is 11.9. The predicted molar refractivity (Wildman–Crippen MR) is 62.2 cm³/mol. The largest absolute Gasteiger partial charge is 0.299 e. The lowest BCUT2D eigenvalue weighted by Crippen LogP contribution is -2.23. The van der Waals surface area contributed by atoms with Crippen molar-refractivity contribution in [2.24, 2.45) is 23.7 Å². The standard InChI is InChI=1S/C13H26O/c1-9(2)7-12(11(5)6)13(14)8-10(3)4/h9-12H,7-8H2,1-6H3. The van der Waals surface area contributed by atoms with Gasteiger partial charge in [-0.25, -0.2) is 0 Å². The fourth-order valence-electron chi connectivity index (χ4n) is 1.84. The highest BCUT2D eigenvalue weighted by Gasteiger charge is 2.23. The van der Waals surface area contributed by atoms with Crippen molar-refractivity contribution in [3.63, 3.8) is 0 Å². The summed E-state index contributed by atoms with van der Waals surface area (Å²) in [5, 5.41) is 0. The van der Waals surface area contributed by atoms with Crippen LogP contribution in [0, 0.1) is 23.7 Å². The van der Waals surface area contributed by atoms with Crippen molar-refractivity contribution in [3.05, 3.63) is 0 Å². The Balaban J connectivity index is 4.26. The van der Waals surface area contributed by atoms with Gasteiger partial charge in [0, 0.05) is 12.3 Å². The van der Waals surface area contributed by atoms with E-state index in [1.54, 1.807) is 0 Å².